The molecule has 0 aliphatic carbocycles. The number of aromatic amines is 2. The van der Waals surface area contributed by atoms with Gasteiger partial charge in [0.25, 0.3) is 5.56 Å². The smallest absolute Gasteiger partial charge is 0.341 e. The number of hydrogen-bond donors (Lipinski definition) is 3. The van der Waals surface area contributed by atoms with Crippen molar-refractivity contribution in [3.63, 3.8) is 0 Å². The molecule has 2 aromatic rings. The van der Waals surface area contributed by atoms with Crippen LogP contribution in [-0.2, 0) is 4.79 Å². The number of carbonyl (C=O) groups is 1. The van der Waals surface area contributed by atoms with Crippen LogP contribution in [0.5, 0.6) is 11.5 Å². The van der Waals surface area contributed by atoms with Crippen molar-refractivity contribution in [1.29, 1.82) is 5.26 Å². The summed E-state index contributed by atoms with van der Waals surface area (Å²) in [6, 6.07) is 6.93. The molecular weight excluding hydrogens is 382 g/mol. The number of nitrogens with zero attached hydrogens (tertiary/aromatic N) is 1. The Hall–Kier alpha value is -3.38. The highest BCUT2D eigenvalue weighted by atomic mass is 32.1. The first kappa shape index (κ1) is 20.9. The molecule has 0 radical (unpaired) electrons. The third-order valence-electron chi connectivity index (χ3n) is 3.43. The van der Waals surface area contributed by atoms with Crippen LogP contribution in [0.4, 0.5) is 0 Å². The van der Waals surface area contributed by atoms with Gasteiger partial charge in [0.1, 0.15) is 11.6 Å². The molecule has 0 amide bonds. The number of hydrogen-bond acceptors (Lipinski definition) is 6. The van der Waals surface area contributed by atoms with Crippen LogP contribution in [0.1, 0.15) is 30.7 Å². The summed E-state index contributed by atoms with van der Waals surface area (Å²) >= 11 is 4.94. The molecule has 1 aromatic heterocycles. The van der Waals surface area contributed by atoms with E-state index in [1.54, 1.807) is 24.3 Å². The number of nitriles is 1. The lowest BCUT2D eigenvalue weighted by molar-refractivity contribution is -0.139. The van der Waals surface area contributed by atoms with Gasteiger partial charge in [0.15, 0.2) is 22.9 Å². The average Bonchev–Trinajstić information content (AvgIpc) is 2.62. The van der Waals surface area contributed by atoms with Crippen molar-refractivity contribution in [1.82, 2.24) is 9.97 Å². The zero-order valence-corrected chi connectivity index (χ0v) is 16.1. The number of H-pyrrole nitrogens is 2. The number of ether oxygens (including phenoxy) is 2. The summed E-state index contributed by atoms with van der Waals surface area (Å²) in [5.41, 5.74) is 0.0345. The fourth-order valence-electron chi connectivity index (χ4n) is 2.24. The zero-order chi connectivity index (χ0) is 20.7. The van der Waals surface area contributed by atoms with Crippen LogP contribution in [0.15, 0.2) is 23.0 Å². The van der Waals surface area contributed by atoms with Crippen LogP contribution in [0.3, 0.4) is 0 Å². The second-order valence-electron chi connectivity index (χ2n) is 6.20. The summed E-state index contributed by atoms with van der Waals surface area (Å²) in [7, 11) is 0. The number of benzene rings is 1. The third-order valence-corrected chi connectivity index (χ3v) is 3.64. The average molecular weight is 401 g/mol. The highest BCUT2D eigenvalue weighted by Gasteiger charge is 2.13. The van der Waals surface area contributed by atoms with Gasteiger partial charge in [0, 0.05) is 5.56 Å². The van der Waals surface area contributed by atoms with Crippen LogP contribution >= 0.6 is 12.2 Å². The lowest BCUT2D eigenvalue weighted by Gasteiger charge is -2.15. The summed E-state index contributed by atoms with van der Waals surface area (Å²) < 4.78 is 11.2. The lowest BCUT2D eigenvalue weighted by atomic mass is 10.1. The van der Waals surface area contributed by atoms with E-state index in [1.165, 1.54) is 6.08 Å². The molecule has 0 saturated heterocycles. The van der Waals surface area contributed by atoms with Crippen molar-refractivity contribution in [2.75, 3.05) is 13.2 Å². The van der Waals surface area contributed by atoms with E-state index in [1.807, 2.05) is 19.9 Å². The van der Waals surface area contributed by atoms with Gasteiger partial charge in [-0.15, -0.1) is 0 Å². The molecule has 0 bridgehead atoms. The number of para-hydroxylation sites is 1. The highest BCUT2D eigenvalue weighted by Crippen LogP contribution is 2.33. The minimum atomic E-state index is -1.13. The molecular formula is C19H19N3O5S. The van der Waals surface area contributed by atoms with E-state index in [9.17, 15) is 14.9 Å². The van der Waals surface area contributed by atoms with E-state index < -0.39 is 18.1 Å². The Bertz CT molecular complexity index is 1050. The second-order valence-corrected chi connectivity index (χ2v) is 6.61. The van der Waals surface area contributed by atoms with Crippen molar-refractivity contribution in [2.24, 2.45) is 5.92 Å². The monoisotopic (exact) mass is 401 g/mol. The van der Waals surface area contributed by atoms with E-state index in [0.717, 1.165) is 0 Å². The molecule has 0 atom stereocenters. The van der Waals surface area contributed by atoms with Gasteiger partial charge < -0.3 is 19.6 Å². The van der Waals surface area contributed by atoms with E-state index in [0.29, 0.717) is 17.9 Å². The standard InChI is InChI=1S/C19H19N3O5S/c1-11(2)9-26-15-5-3-4-12(17(15)27-10-16(23)24)6-7-14-13(8-20)18(25)22-19(28)21-14/h3-7,11H,9-10H2,1-2H3,(H,23,24)(H2,21,22,25,28). The Labute approximate surface area is 166 Å². The van der Waals surface area contributed by atoms with Crippen molar-refractivity contribution in [3.05, 3.63) is 50.1 Å². The molecule has 146 valence electrons. The van der Waals surface area contributed by atoms with E-state index >= 15 is 0 Å². The molecule has 1 aromatic carbocycles. The van der Waals surface area contributed by atoms with Gasteiger partial charge in [-0.1, -0.05) is 26.0 Å². The molecule has 0 unspecified atom stereocenters. The number of carboxylic acid groups (broad SMARTS) is 1. The first-order valence-electron chi connectivity index (χ1n) is 8.37. The first-order valence-corrected chi connectivity index (χ1v) is 8.77. The Morgan fingerprint density at radius 1 is 1.32 bits per heavy atom. The van der Waals surface area contributed by atoms with E-state index in [4.69, 9.17) is 26.8 Å². The SMILES string of the molecule is CC(C)COc1cccc(C=Cc2[nH]c(=S)[nH]c(=O)c2C#N)c1OCC(=O)O. The molecule has 8 nitrogen and oxygen atoms in total. The maximum absolute atomic E-state index is 11.8. The Kier molecular flexibility index (Phi) is 7.12. The van der Waals surface area contributed by atoms with Gasteiger partial charge in [0.2, 0.25) is 0 Å². The first-order chi connectivity index (χ1) is 13.3. The summed E-state index contributed by atoms with van der Waals surface area (Å²) in [6.07, 6.45) is 3.08. The van der Waals surface area contributed by atoms with Gasteiger partial charge in [-0.3, -0.25) is 9.78 Å². The molecule has 1 heterocycles. The van der Waals surface area contributed by atoms with Crippen molar-refractivity contribution in [2.45, 2.75) is 13.8 Å². The molecule has 2 rings (SSSR count). The minimum Gasteiger partial charge on any atom is -0.489 e. The molecule has 9 heteroatoms. The number of aromatic nitrogens is 2. The van der Waals surface area contributed by atoms with Gasteiger partial charge in [-0.2, -0.15) is 5.26 Å². The maximum atomic E-state index is 11.8. The van der Waals surface area contributed by atoms with Gasteiger partial charge in [-0.25, -0.2) is 4.79 Å². The van der Waals surface area contributed by atoms with Crippen molar-refractivity contribution in [3.8, 4) is 17.6 Å². The normalized spacial score (nSPS) is 10.8. The summed E-state index contributed by atoms with van der Waals surface area (Å²) in [4.78, 5) is 27.9. The number of rotatable bonds is 8. The Balaban J connectivity index is 2.47. The Morgan fingerprint density at radius 3 is 2.71 bits per heavy atom. The van der Waals surface area contributed by atoms with Crippen LogP contribution in [-0.4, -0.2) is 34.3 Å². The molecule has 0 aliphatic rings. The van der Waals surface area contributed by atoms with Gasteiger partial charge in [0.05, 0.1) is 12.3 Å². The predicted octanol–water partition coefficient (Wildman–Crippen LogP) is 2.97. The fraction of sp³-hybridized carbons (Fsp3) is 0.263. The lowest BCUT2D eigenvalue weighted by Crippen LogP contribution is -2.13. The molecule has 0 fully saturated rings. The van der Waals surface area contributed by atoms with Crippen LogP contribution in [0.2, 0.25) is 0 Å². The molecule has 0 spiro atoms. The molecule has 0 aliphatic heterocycles. The van der Waals surface area contributed by atoms with Crippen LogP contribution in [0.25, 0.3) is 12.2 Å². The Morgan fingerprint density at radius 2 is 2.07 bits per heavy atom. The summed E-state index contributed by atoms with van der Waals surface area (Å²) in [6.45, 7) is 3.86. The molecule has 3 N–H and O–H groups in total. The van der Waals surface area contributed by atoms with E-state index in [2.05, 4.69) is 9.97 Å². The van der Waals surface area contributed by atoms with Gasteiger partial charge >= 0.3 is 5.97 Å². The molecule has 28 heavy (non-hydrogen) atoms. The van der Waals surface area contributed by atoms with E-state index in [-0.39, 0.29) is 27.7 Å². The topological polar surface area (TPSA) is 128 Å². The maximum Gasteiger partial charge on any atom is 0.341 e. The predicted molar refractivity (Wildman–Crippen MR) is 106 cm³/mol. The third kappa shape index (κ3) is 5.56. The number of carboxylic acids is 1. The summed E-state index contributed by atoms with van der Waals surface area (Å²) in [5, 5.41) is 18.1. The van der Waals surface area contributed by atoms with Gasteiger partial charge in [-0.05, 0) is 36.4 Å². The highest BCUT2D eigenvalue weighted by molar-refractivity contribution is 7.71. The quantitative estimate of drug-likeness (QED) is 0.580. The minimum absolute atomic E-state index is 0.0834. The zero-order valence-electron chi connectivity index (χ0n) is 15.3. The largest absolute Gasteiger partial charge is 0.489 e. The van der Waals surface area contributed by atoms with Crippen molar-refractivity contribution < 1.29 is 19.4 Å². The fourth-order valence-corrected chi connectivity index (χ4v) is 2.44. The number of aliphatic carboxylic acids is 1. The second kappa shape index (κ2) is 9.53. The van der Waals surface area contributed by atoms with Crippen molar-refractivity contribution >= 4 is 30.3 Å². The summed E-state index contributed by atoms with van der Waals surface area (Å²) in [5.74, 6) is -0.208. The van der Waals surface area contributed by atoms with Crippen LogP contribution in [0, 0.1) is 22.0 Å². The van der Waals surface area contributed by atoms with Crippen LogP contribution < -0.4 is 15.0 Å². The molecule has 0 saturated carbocycles. The number of nitrogens with one attached hydrogen (secondary N) is 2.